The lowest BCUT2D eigenvalue weighted by molar-refractivity contribution is 0.545. The normalized spacial score (nSPS) is 12.4. The molecule has 0 amide bonds. The third-order valence-electron chi connectivity index (χ3n) is 3.03. The highest BCUT2D eigenvalue weighted by molar-refractivity contribution is 7.99. The van der Waals surface area contributed by atoms with Crippen LogP contribution in [-0.2, 0) is 0 Å². The SMILES string of the molecule is CCNC(CSc1ccccc1Cl)c1ccc(Cl)cc1F. The Morgan fingerprint density at radius 2 is 1.95 bits per heavy atom. The zero-order chi connectivity index (χ0) is 15.2. The Morgan fingerprint density at radius 3 is 2.62 bits per heavy atom. The third kappa shape index (κ3) is 4.62. The molecule has 0 aliphatic carbocycles. The standard InChI is InChI=1S/C16H16Cl2FNS/c1-2-20-15(12-8-7-11(17)9-14(12)19)10-21-16-6-4-3-5-13(16)18/h3-9,15,20H,2,10H2,1H3. The van der Waals surface area contributed by atoms with Gasteiger partial charge in [0.1, 0.15) is 5.82 Å². The second-order valence-corrected chi connectivity index (χ2v) is 6.42. The Morgan fingerprint density at radius 1 is 1.19 bits per heavy atom. The van der Waals surface area contributed by atoms with Gasteiger partial charge in [0.15, 0.2) is 0 Å². The van der Waals surface area contributed by atoms with Crippen LogP contribution in [0, 0.1) is 5.82 Å². The van der Waals surface area contributed by atoms with E-state index in [4.69, 9.17) is 23.2 Å². The molecule has 0 spiro atoms. The van der Waals surface area contributed by atoms with Gasteiger partial charge in [0.05, 0.1) is 5.02 Å². The number of hydrogen-bond donors (Lipinski definition) is 1. The molecule has 1 atom stereocenters. The summed E-state index contributed by atoms with van der Waals surface area (Å²) in [6.07, 6.45) is 0. The number of benzene rings is 2. The van der Waals surface area contributed by atoms with Crippen molar-refractivity contribution in [3.63, 3.8) is 0 Å². The monoisotopic (exact) mass is 343 g/mol. The van der Waals surface area contributed by atoms with E-state index >= 15 is 0 Å². The molecular formula is C16H16Cl2FNS. The van der Waals surface area contributed by atoms with Crippen LogP contribution in [0.2, 0.25) is 10.0 Å². The Kier molecular flexibility index (Phi) is 6.37. The fraction of sp³-hybridized carbons (Fsp3) is 0.250. The smallest absolute Gasteiger partial charge is 0.129 e. The van der Waals surface area contributed by atoms with Crippen molar-refractivity contribution in [2.45, 2.75) is 17.9 Å². The highest BCUT2D eigenvalue weighted by atomic mass is 35.5. The third-order valence-corrected chi connectivity index (χ3v) is 4.87. The highest BCUT2D eigenvalue weighted by Gasteiger charge is 2.16. The van der Waals surface area contributed by atoms with E-state index in [-0.39, 0.29) is 11.9 Å². The minimum Gasteiger partial charge on any atom is -0.309 e. The molecule has 0 aliphatic rings. The van der Waals surface area contributed by atoms with Crippen molar-refractivity contribution in [3.05, 3.63) is 63.9 Å². The van der Waals surface area contributed by atoms with Gasteiger partial charge >= 0.3 is 0 Å². The molecule has 0 radical (unpaired) electrons. The first-order valence-corrected chi connectivity index (χ1v) is 8.41. The summed E-state index contributed by atoms with van der Waals surface area (Å²) < 4.78 is 14.1. The predicted molar refractivity (Wildman–Crippen MR) is 90.0 cm³/mol. The first-order valence-electron chi connectivity index (χ1n) is 6.67. The van der Waals surface area contributed by atoms with Crippen LogP contribution in [0.15, 0.2) is 47.4 Å². The second-order valence-electron chi connectivity index (χ2n) is 4.52. The Balaban J connectivity index is 2.14. The van der Waals surface area contributed by atoms with E-state index in [1.807, 2.05) is 31.2 Å². The van der Waals surface area contributed by atoms with Gasteiger partial charge in [-0.05, 0) is 30.8 Å². The van der Waals surface area contributed by atoms with Crippen LogP contribution in [0.5, 0.6) is 0 Å². The molecule has 0 bridgehead atoms. The molecule has 5 heteroatoms. The zero-order valence-electron chi connectivity index (χ0n) is 11.6. The molecule has 0 aliphatic heterocycles. The molecule has 1 nitrogen and oxygen atoms in total. The largest absolute Gasteiger partial charge is 0.309 e. The van der Waals surface area contributed by atoms with Crippen LogP contribution < -0.4 is 5.32 Å². The van der Waals surface area contributed by atoms with Gasteiger partial charge in [0.25, 0.3) is 0 Å². The van der Waals surface area contributed by atoms with Crippen LogP contribution in [0.1, 0.15) is 18.5 Å². The summed E-state index contributed by atoms with van der Waals surface area (Å²) in [4.78, 5) is 0.997. The molecule has 0 saturated carbocycles. The summed E-state index contributed by atoms with van der Waals surface area (Å²) in [5, 5.41) is 4.43. The topological polar surface area (TPSA) is 12.0 Å². The maximum atomic E-state index is 14.1. The molecular weight excluding hydrogens is 328 g/mol. The van der Waals surface area contributed by atoms with Crippen molar-refractivity contribution in [2.75, 3.05) is 12.3 Å². The number of nitrogens with one attached hydrogen (secondary N) is 1. The summed E-state index contributed by atoms with van der Waals surface area (Å²) in [6.45, 7) is 2.76. The van der Waals surface area contributed by atoms with E-state index in [9.17, 15) is 4.39 Å². The van der Waals surface area contributed by atoms with Gasteiger partial charge in [0, 0.05) is 27.3 Å². The van der Waals surface area contributed by atoms with Crippen molar-refractivity contribution >= 4 is 35.0 Å². The van der Waals surface area contributed by atoms with Gasteiger partial charge in [-0.15, -0.1) is 11.8 Å². The summed E-state index contributed by atoms with van der Waals surface area (Å²) in [7, 11) is 0. The maximum Gasteiger partial charge on any atom is 0.129 e. The van der Waals surface area contributed by atoms with E-state index in [0.29, 0.717) is 21.4 Å². The van der Waals surface area contributed by atoms with Crippen molar-refractivity contribution < 1.29 is 4.39 Å². The number of rotatable bonds is 6. The molecule has 0 fully saturated rings. The fourth-order valence-electron chi connectivity index (χ4n) is 2.02. The predicted octanol–water partition coefficient (Wildman–Crippen LogP) is 5.58. The van der Waals surface area contributed by atoms with Crippen molar-refractivity contribution in [1.82, 2.24) is 5.32 Å². The summed E-state index contributed by atoms with van der Waals surface area (Å²) >= 11 is 13.6. The first-order chi connectivity index (χ1) is 10.1. The summed E-state index contributed by atoms with van der Waals surface area (Å²) in [5.74, 6) is 0.407. The van der Waals surface area contributed by atoms with E-state index in [1.54, 1.807) is 23.9 Å². The van der Waals surface area contributed by atoms with Crippen LogP contribution in [0.4, 0.5) is 4.39 Å². The summed E-state index contributed by atoms with van der Waals surface area (Å²) in [5.41, 5.74) is 0.626. The van der Waals surface area contributed by atoms with Crippen molar-refractivity contribution in [1.29, 1.82) is 0 Å². The van der Waals surface area contributed by atoms with E-state index < -0.39 is 0 Å². The average Bonchev–Trinajstić information content (AvgIpc) is 2.45. The molecule has 21 heavy (non-hydrogen) atoms. The molecule has 0 heterocycles. The lowest BCUT2D eigenvalue weighted by Crippen LogP contribution is -2.24. The molecule has 0 saturated heterocycles. The van der Waals surface area contributed by atoms with Gasteiger partial charge in [-0.3, -0.25) is 0 Å². The minimum absolute atomic E-state index is 0.0893. The average molecular weight is 344 g/mol. The van der Waals surface area contributed by atoms with Gasteiger partial charge in [-0.25, -0.2) is 4.39 Å². The summed E-state index contributed by atoms with van der Waals surface area (Å²) in [6, 6.07) is 12.4. The fourth-order valence-corrected chi connectivity index (χ4v) is 3.51. The number of thioether (sulfide) groups is 1. The molecule has 1 N–H and O–H groups in total. The molecule has 1 unspecified atom stereocenters. The van der Waals surface area contributed by atoms with Crippen LogP contribution in [-0.4, -0.2) is 12.3 Å². The quantitative estimate of drug-likeness (QED) is 0.687. The van der Waals surface area contributed by atoms with E-state index in [2.05, 4.69) is 5.32 Å². The van der Waals surface area contributed by atoms with Crippen molar-refractivity contribution in [3.8, 4) is 0 Å². The molecule has 112 valence electrons. The van der Waals surface area contributed by atoms with Crippen LogP contribution >= 0.6 is 35.0 Å². The lowest BCUT2D eigenvalue weighted by Gasteiger charge is -2.19. The second kappa shape index (κ2) is 8.04. The zero-order valence-corrected chi connectivity index (χ0v) is 13.9. The Hall–Kier alpha value is -0.740. The Labute approximate surface area is 138 Å². The van der Waals surface area contributed by atoms with E-state index in [0.717, 1.165) is 11.4 Å². The van der Waals surface area contributed by atoms with Gasteiger partial charge < -0.3 is 5.32 Å². The number of hydrogen-bond acceptors (Lipinski definition) is 2. The molecule has 2 aromatic carbocycles. The van der Waals surface area contributed by atoms with E-state index in [1.165, 1.54) is 6.07 Å². The van der Waals surface area contributed by atoms with Crippen LogP contribution in [0.3, 0.4) is 0 Å². The maximum absolute atomic E-state index is 14.1. The highest BCUT2D eigenvalue weighted by Crippen LogP contribution is 2.31. The van der Waals surface area contributed by atoms with Gasteiger partial charge in [-0.2, -0.15) is 0 Å². The first kappa shape index (κ1) is 16.6. The molecule has 2 aromatic rings. The Bertz CT molecular complexity index is 607. The number of halogens is 3. The molecule has 2 rings (SSSR count). The van der Waals surface area contributed by atoms with Crippen molar-refractivity contribution in [2.24, 2.45) is 0 Å². The minimum atomic E-state index is -0.284. The van der Waals surface area contributed by atoms with Gasteiger partial charge in [-0.1, -0.05) is 48.3 Å². The van der Waals surface area contributed by atoms with Crippen LogP contribution in [0.25, 0.3) is 0 Å². The lowest BCUT2D eigenvalue weighted by atomic mass is 10.1. The molecule has 0 aromatic heterocycles. The van der Waals surface area contributed by atoms with Gasteiger partial charge in [0.2, 0.25) is 0 Å².